The minimum Gasteiger partial charge on any atom is -0.350 e. The molecule has 4 rings (SSSR count). The molecule has 1 saturated heterocycles. The molecule has 0 amide bonds. The van der Waals surface area contributed by atoms with E-state index in [9.17, 15) is 12.8 Å². The van der Waals surface area contributed by atoms with E-state index in [0.29, 0.717) is 30.4 Å². The third-order valence-electron chi connectivity index (χ3n) is 5.39. The third kappa shape index (κ3) is 6.86. The second kappa shape index (κ2) is 11.6. The first-order valence-corrected chi connectivity index (χ1v) is 12.3. The molecule has 4 N–H and O–H groups in total. The van der Waals surface area contributed by atoms with Crippen LogP contribution in [0.25, 0.3) is 0 Å². The number of rotatable bonds is 8. The molecule has 0 bridgehead atoms. The Kier molecular flexibility index (Phi) is 8.78. The summed E-state index contributed by atoms with van der Waals surface area (Å²) in [6.45, 7) is 3.71. The lowest BCUT2D eigenvalue weighted by molar-refractivity contribution is 0.428. The van der Waals surface area contributed by atoms with Crippen LogP contribution >= 0.6 is 12.4 Å². The van der Waals surface area contributed by atoms with E-state index in [0.717, 1.165) is 30.6 Å². The lowest BCUT2D eigenvalue weighted by Gasteiger charge is -2.23. The van der Waals surface area contributed by atoms with E-state index in [1.807, 2.05) is 0 Å². The molecule has 0 spiro atoms. The van der Waals surface area contributed by atoms with Crippen LogP contribution in [0.3, 0.4) is 0 Å². The minimum atomic E-state index is -3.55. The first-order chi connectivity index (χ1) is 15.9. The number of hydrogen-bond donors (Lipinski definition) is 4. The van der Waals surface area contributed by atoms with Gasteiger partial charge in [0, 0.05) is 31.0 Å². The summed E-state index contributed by atoms with van der Waals surface area (Å²) in [6, 6.07) is 13.1. The Morgan fingerprint density at radius 3 is 2.65 bits per heavy atom. The van der Waals surface area contributed by atoms with Crippen LogP contribution in [-0.2, 0) is 16.6 Å². The average Bonchev–Trinajstić information content (AvgIpc) is 2.81. The first kappa shape index (κ1) is 25.8. The van der Waals surface area contributed by atoms with Crippen LogP contribution in [0.5, 0.6) is 0 Å². The highest BCUT2D eigenvalue weighted by Gasteiger charge is 2.21. The van der Waals surface area contributed by atoms with Gasteiger partial charge in [-0.15, -0.1) is 12.4 Å². The highest BCUT2D eigenvalue weighted by atomic mass is 35.5. The minimum absolute atomic E-state index is 0. The lowest BCUT2D eigenvalue weighted by atomic mass is 10.1. The van der Waals surface area contributed by atoms with Crippen molar-refractivity contribution in [2.45, 2.75) is 37.2 Å². The molecule has 1 aliphatic heterocycles. The van der Waals surface area contributed by atoms with Gasteiger partial charge < -0.3 is 16.0 Å². The SMILES string of the molecule is Cc1cc(Nc2ccnc(NCc3ccc(S(=O)(=O)NC4CCCNC4)cc3)n2)ccc1F.Cl. The van der Waals surface area contributed by atoms with Crippen LogP contribution in [0, 0.1) is 12.7 Å². The van der Waals surface area contributed by atoms with Crippen molar-refractivity contribution in [2.75, 3.05) is 23.7 Å². The molecule has 0 saturated carbocycles. The van der Waals surface area contributed by atoms with Crippen molar-refractivity contribution in [1.29, 1.82) is 0 Å². The van der Waals surface area contributed by atoms with E-state index < -0.39 is 10.0 Å². The van der Waals surface area contributed by atoms with Crippen LogP contribution in [0.15, 0.2) is 59.6 Å². The molecule has 1 unspecified atom stereocenters. The summed E-state index contributed by atoms with van der Waals surface area (Å²) < 4.78 is 41.5. The van der Waals surface area contributed by atoms with Crippen LogP contribution in [0.2, 0.25) is 0 Å². The molecular weight excluding hydrogens is 479 g/mol. The highest BCUT2D eigenvalue weighted by molar-refractivity contribution is 7.89. The van der Waals surface area contributed by atoms with Gasteiger partial charge in [0.15, 0.2) is 0 Å². The number of aryl methyl sites for hydroxylation is 1. The molecule has 1 atom stereocenters. The molecule has 0 aliphatic carbocycles. The van der Waals surface area contributed by atoms with Gasteiger partial charge in [-0.05, 0) is 73.8 Å². The zero-order valence-corrected chi connectivity index (χ0v) is 20.3. The number of halogens is 2. The van der Waals surface area contributed by atoms with Gasteiger partial charge in [-0.2, -0.15) is 4.98 Å². The van der Waals surface area contributed by atoms with Gasteiger partial charge in [0.05, 0.1) is 4.90 Å². The molecule has 1 fully saturated rings. The van der Waals surface area contributed by atoms with Crippen LogP contribution in [-0.4, -0.2) is 37.5 Å². The number of hydrogen-bond acceptors (Lipinski definition) is 7. The fraction of sp³-hybridized carbons (Fsp3) is 0.304. The van der Waals surface area contributed by atoms with Crippen molar-refractivity contribution in [3.8, 4) is 0 Å². The molecule has 34 heavy (non-hydrogen) atoms. The van der Waals surface area contributed by atoms with E-state index in [1.54, 1.807) is 55.6 Å². The summed E-state index contributed by atoms with van der Waals surface area (Å²) in [7, 11) is -3.55. The maximum Gasteiger partial charge on any atom is 0.240 e. The molecule has 11 heteroatoms. The topological polar surface area (TPSA) is 108 Å². The van der Waals surface area contributed by atoms with E-state index in [2.05, 4.69) is 30.6 Å². The van der Waals surface area contributed by atoms with Crippen molar-refractivity contribution in [2.24, 2.45) is 0 Å². The van der Waals surface area contributed by atoms with Gasteiger partial charge in [-0.3, -0.25) is 0 Å². The Balaban J connectivity index is 0.00000324. The Hall–Kier alpha value is -2.79. The number of aromatic nitrogens is 2. The van der Waals surface area contributed by atoms with Crippen molar-refractivity contribution >= 4 is 39.9 Å². The highest BCUT2D eigenvalue weighted by Crippen LogP contribution is 2.19. The number of benzene rings is 2. The zero-order chi connectivity index (χ0) is 23.3. The predicted octanol–water partition coefficient (Wildman–Crippen LogP) is 3.73. The Labute approximate surface area is 205 Å². The van der Waals surface area contributed by atoms with Crippen molar-refractivity contribution in [1.82, 2.24) is 20.0 Å². The third-order valence-corrected chi connectivity index (χ3v) is 6.93. The van der Waals surface area contributed by atoms with E-state index in [1.165, 1.54) is 6.07 Å². The van der Waals surface area contributed by atoms with Gasteiger partial charge in [0.2, 0.25) is 16.0 Å². The number of sulfonamides is 1. The molecule has 182 valence electrons. The van der Waals surface area contributed by atoms with Gasteiger partial charge in [-0.1, -0.05) is 12.1 Å². The molecule has 8 nitrogen and oxygen atoms in total. The fourth-order valence-corrected chi connectivity index (χ4v) is 4.86. The zero-order valence-electron chi connectivity index (χ0n) is 18.7. The van der Waals surface area contributed by atoms with Crippen molar-refractivity contribution in [3.05, 3.63) is 71.7 Å². The van der Waals surface area contributed by atoms with E-state index in [4.69, 9.17) is 0 Å². The van der Waals surface area contributed by atoms with Crippen molar-refractivity contribution in [3.63, 3.8) is 0 Å². The van der Waals surface area contributed by atoms with Gasteiger partial charge in [0.25, 0.3) is 0 Å². The standard InChI is InChI=1S/C23H27FN6O2S.ClH/c1-16-13-18(6-9-21(16)24)28-22-10-12-26-23(29-22)27-14-17-4-7-20(8-5-17)33(31,32)30-19-3-2-11-25-15-19;/h4-10,12-13,19,25,30H,2-3,11,14-15H2,1H3,(H2,26,27,28,29);1H. The first-order valence-electron chi connectivity index (χ1n) is 10.8. The predicted molar refractivity (Wildman–Crippen MR) is 134 cm³/mol. The van der Waals surface area contributed by atoms with Gasteiger partial charge in [-0.25, -0.2) is 22.5 Å². The quantitative estimate of drug-likeness (QED) is 0.368. The van der Waals surface area contributed by atoms with Crippen LogP contribution in [0.4, 0.5) is 21.8 Å². The Morgan fingerprint density at radius 2 is 1.94 bits per heavy atom. The largest absolute Gasteiger partial charge is 0.350 e. The summed E-state index contributed by atoms with van der Waals surface area (Å²) in [4.78, 5) is 8.88. The number of piperidine rings is 1. The Morgan fingerprint density at radius 1 is 1.15 bits per heavy atom. The summed E-state index contributed by atoms with van der Waals surface area (Å²) in [5.74, 6) is 0.733. The number of nitrogens with one attached hydrogen (secondary N) is 4. The molecule has 2 heterocycles. The second-order valence-corrected chi connectivity index (χ2v) is 9.73. The Bertz CT molecular complexity index is 1200. The molecule has 2 aromatic carbocycles. The lowest BCUT2D eigenvalue weighted by Crippen LogP contribution is -2.45. The van der Waals surface area contributed by atoms with Crippen molar-refractivity contribution < 1.29 is 12.8 Å². The summed E-state index contributed by atoms with van der Waals surface area (Å²) in [6.07, 6.45) is 3.42. The summed E-state index contributed by atoms with van der Waals surface area (Å²) in [5, 5.41) is 9.47. The smallest absolute Gasteiger partial charge is 0.240 e. The number of anilines is 3. The molecular formula is C23H28ClFN6O2S. The maximum absolute atomic E-state index is 13.5. The summed E-state index contributed by atoms with van der Waals surface area (Å²) in [5.41, 5.74) is 2.17. The monoisotopic (exact) mass is 506 g/mol. The molecule has 1 aromatic heterocycles. The maximum atomic E-state index is 13.5. The summed E-state index contributed by atoms with van der Waals surface area (Å²) >= 11 is 0. The van der Waals surface area contributed by atoms with Gasteiger partial charge in [0.1, 0.15) is 11.6 Å². The molecule has 0 radical (unpaired) electrons. The normalized spacial score (nSPS) is 15.9. The fourth-order valence-electron chi connectivity index (χ4n) is 3.59. The number of nitrogens with zero attached hydrogens (tertiary/aromatic N) is 2. The average molecular weight is 507 g/mol. The van der Waals surface area contributed by atoms with Crippen LogP contribution < -0.4 is 20.7 Å². The second-order valence-electron chi connectivity index (χ2n) is 8.02. The van der Waals surface area contributed by atoms with Gasteiger partial charge >= 0.3 is 0 Å². The molecule has 3 aromatic rings. The molecule has 1 aliphatic rings. The van der Waals surface area contributed by atoms with E-state index >= 15 is 0 Å². The van der Waals surface area contributed by atoms with E-state index in [-0.39, 0.29) is 29.2 Å². The van der Waals surface area contributed by atoms with Crippen LogP contribution in [0.1, 0.15) is 24.0 Å².